The van der Waals surface area contributed by atoms with E-state index in [0.717, 1.165) is 18.2 Å². The number of anilines is 2. The van der Waals surface area contributed by atoms with Crippen molar-refractivity contribution < 1.29 is 30.4 Å². The van der Waals surface area contributed by atoms with E-state index in [4.69, 9.17) is 4.74 Å². The minimum absolute atomic E-state index is 0.123. The topological polar surface area (TPSA) is 102 Å². The first-order valence-corrected chi connectivity index (χ1v) is 11.3. The molecule has 0 aromatic heterocycles. The van der Waals surface area contributed by atoms with Gasteiger partial charge in [0, 0.05) is 6.07 Å². The van der Waals surface area contributed by atoms with E-state index in [1.807, 2.05) is 0 Å². The minimum Gasteiger partial charge on any atom is -0.495 e. The van der Waals surface area contributed by atoms with Gasteiger partial charge < -0.3 is 4.74 Å². The zero-order valence-electron chi connectivity index (χ0n) is 15.5. The number of para-hydroxylation sites is 2. The van der Waals surface area contributed by atoms with E-state index >= 15 is 0 Å². The Morgan fingerprint density at radius 3 is 2.23 bits per heavy atom. The van der Waals surface area contributed by atoms with Crippen molar-refractivity contribution in [3.8, 4) is 5.75 Å². The maximum Gasteiger partial charge on any atom is 0.264 e. The van der Waals surface area contributed by atoms with E-state index in [1.165, 1.54) is 31.4 Å². The van der Waals surface area contributed by atoms with Crippen molar-refractivity contribution >= 4 is 31.4 Å². The zero-order valence-corrected chi connectivity index (χ0v) is 17.1. The van der Waals surface area contributed by atoms with E-state index in [1.54, 1.807) is 18.2 Å². The van der Waals surface area contributed by atoms with Crippen LogP contribution in [0, 0.1) is 11.6 Å². The summed E-state index contributed by atoms with van der Waals surface area (Å²) in [6, 6.07) is 13.3. The highest BCUT2D eigenvalue weighted by Crippen LogP contribution is 2.27. The lowest BCUT2D eigenvalue weighted by Gasteiger charge is -2.13. The van der Waals surface area contributed by atoms with Gasteiger partial charge in [-0.1, -0.05) is 18.2 Å². The normalized spacial score (nSPS) is 11.7. The summed E-state index contributed by atoms with van der Waals surface area (Å²) >= 11 is 0. The number of methoxy groups -OCH3 is 1. The van der Waals surface area contributed by atoms with E-state index in [9.17, 15) is 25.6 Å². The Labute approximate surface area is 172 Å². The van der Waals surface area contributed by atoms with E-state index in [-0.39, 0.29) is 16.3 Å². The lowest BCUT2D eigenvalue weighted by Crippen LogP contribution is -2.16. The minimum atomic E-state index is -4.42. The van der Waals surface area contributed by atoms with Crippen molar-refractivity contribution in [2.75, 3.05) is 16.6 Å². The number of halogens is 2. The number of benzene rings is 3. The Morgan fingerprint density at radius 1 is 0.800 bits per heavy atom. The second-order valence-electron chi connectivity index (χ2n) is 6.01. The van der Waals surface area contributed by atoms with E-state index < -0.39 is 36.6 Å². The standard InChI is InChI=1S/C19H16F2N2O5S2/c1-28-18-8-3-2-7-17(18)23-29(24,25)15-6-4-5-14(12-15)22-30(26,27)19-10-9-13(20)11-16(19)21/h2-12,22-23H,1H3. The smallest absolute Gasteiger partial charge is 0.264 e. The predicted molar refractivity (Wildman–Crippen MR) is 107 cm³/mol. The second kappa shape index (κ2) is 8.28. The van der Waals surface area contributed by atoms with Crippen LogP contribution in [0.4, 0.5) is 20.2 Å². The van der Waals surface area contributed by atoms with Crippen LogP contribution in [-0.4, -0.2) is 23.9 Å². The number of hydrogen-bond acceptors (Lipinski definition) is 5. The van der Waals surface area contributed by atoms with Crippen LogP contribution in [0.2, 0.25) is 0 Å². The summed E-state index contributed by atoms with van der Waals surface area (Å²) in [6.45, 7) is 0. The van der Waals surface area contributed by atoms with Gasteiger partial charge in [0.25, 0.3) is 20.0 Å². The van der Waals surface area contributed by atoms with Gasteiger partial charge in [0.2, 0.25) is 0 Å². The van der Waals surface area contributed by atoms with Crippen molar-refractivity contribution in [2.45, 2.75) is 9.79 Å². The highest BCUT2D eigenvalue weighted by molar-refractivity contribution is 7.93. The molecule has 0 atom stereocenters. The third kappa shape index (κ3) is 4.69. The molecular formula is C19H16F2N2O5S2. The fraction of sp³-hybridized carbons (Fsp3) is 0.0526. The van der Waals surface area contributed by atoms with Crippen molar-refractivity contribution in [1.82, 2.24) is 0 Å². The Hall–Kier alpha value is -3.18. The molecule has 0 fully saturated rings. The fourth-order valence-corrected chi connectivity index (χ4v) is 4.79. The molecule has 7 nitrogen and oxygen atoms in total. The van der Waals surface area contributed by atoms with Gasteiger partial charge in [-0.05, 0) is 42.5 Å². The van der Waals surface area contributed by atoms with Gasteiger partial charge in [-0.3, -0.25) is 9.44 Å². The molecule has 0 spiro atoms. The summed E-state index contributed by atoms with van der Waals surface area (Å²) in [5, 5.41) is 0. The first kappa shape index (κ1) is 21.5. The van der Waals surface area contributed by atoms with Crippen LogP contribution in [0.5, 0.6) is 5.75 Å². The molecule has 30 heavy (non-hydrogen) atoms. The maximum absolute atomic E-state index is 13.9. The summed E-state index contributed by atoms with van der Waals surface area (Å²) < 4.78 is 86.7. The molecule has 3 rings (SSSR count). The molecular weight excluding hydrogens is 438 g/mol. The summed E-state index contributed by atoms with van der Waals surface area (Å²) in [5.41, 5.74) is 0.0704. The molecule has 0 amide bonds. The van der Waals surface area contributed by atoms with Crippen molar-refractivity contribution in [1.29, 1.82) is 0 Å². The highest BCUT2D eigenvalue weighted by Gasteiger charge is 2.21. The summed E-state index contributed by atoms with van der Waals surface area (Å²) in [5.74, 6) is -1.91. The average Bonchev–Trinajstić information content (AvgIpc) is 2.67. The molecule has 0 saturated carbocycles. The van der Waals surface area contributed by atoms with Gasteiger partial charge in [0.1, 0.15) is 22.3 Å². The third-order valence-electron chi connectivity index (χ3n) is 3.93. The molecule has 3 aromatic rings. The number of nitrogens with one attached hydrogen (secondary N) is 2. The van der Waals surface area contributed by atoms with Gasteiger partial charge in [0.15, 0.2) is 0 Å². The Kier molecular flexibility index (Phi) is 5.94. The quantitative estimate of drug-likeness (QED) is 0.568. The molecule has 0 aliphatic carbocycles. The molecule has 0 unspecified atom stereocenters. The molecule has 11 heteroatoms. The van der Waals surface area contributed by atoms with Crippen LogP contribution in [0.3, 0.4) is 0 Å². The van der Waals surface area contributed by atoms with Crippen LogP contribution in [0.15, 0.2) is 76.5 Å². The SMILES string of the molecule is COc1ccccc1NS(=O)(=O)c1cccc(NS(=O)(=O)c2ccc(F)cc2F)c1. The fourth-order valence-electron chi connectivity index (χ4n) is 2.56. The van der Waals surface area contributed by atoms with Gasteiger partial charge in [-0.15, -0.1) is 0 Å². The van der Waals surface area contributed by atoms with Gasteiger partial charge in [-0.25, -0.2) is 25.6 Å². The molecule has 0 radical (unpaired) electrons. The largest absolute Gasteiger partial charge is 0.495 e. The third-order valence-corrected chi connectivity index (χ3v) is 6.71. The van der Waals surface area contributed by atoms with Crippen LogP contribution >= 0.6 is 0 Å². The Morgan fingerprint density at radius 2 is 1.53 bits per heavy atom. The number of rotatable bonds is 7. The summed E-state index contributed by atoms with van der Waals surface area (Å²) in [6.07, 6.45) is 0. The van der Waals surface area contributed by atoms with Crippen LogP contribution < -0.4 is 14.2 Å². The first-order chi connectivity index (χ1) is 14.1. The zero-order chi connectivity index (χ0) is 21.9. The van der Waals surface area contributed by atoms with Crippen LogP contribution in [0.1, 0.15) is 0 Å². The maximum atomic E-state index is 13.9. The van der Waals surface area contributed by atoms with Gasteiger partial charge >= 0.3 is 0 Å². The van der Waals surface area contributed by atoms with Crippen molar-refractivity contribution in [2.24, 2.45) is 0 Å². The highest BCUT2D eigenvalue weighted by atomic mass is 32.2. The van der Waals surface area contributed by atoms with Crippen molar-refractivity contribution in [3.05, 3.63) is 78.4 Å². The van der Waals surface area contributed by atoms with E-state index in [2.05, 4.69) is 9.44 Å². The molecule has 0 bridgehead atoms. The number of sulfonamides is 2. The number of ether oxygens (including phenoxy) is 1. The van der Waals surface area contributed by atoms with Crippen molar-refractivity contribution in [3.63, 3.8) is 0 Å². The van der Waals surface area contributed by atoms with Gasteiger partial charge in [0.05, 0.1) is 23.4 Å². The average molecular weight is 454 g/mol. The van der Waals surface area contributed by atoms with E-state index in [0.29, 0.717) is 11.8 Å². The molecule has 3 aromatic carbocycles. The predicted octanol–water partition coefficient (Wildman–Crippen LogP) is 3.58. The van der Waals surface area contributed by atoms with Crippen LogP contribution in [-0.2, 0) is 20.0 Å². The monoisotopic (exact) mass is 454 g/mol. The Bertz CT molecular complexity index is 1300. The Balaban J connectivity index is 1.90. The molecule has 0 aliphatic rings. The van der Waals surface area contributed by atoms with Gasteiger partial charge in [-0.2, -0.15) is 0 Å². The summed E-state index contributed by atoms with van der Waals surface area (Å²) in [7, 11) is -7.12. The lowest BCUT2D eigenvalue weighted by molar-refractivity contribution is 0.417. The number of hydrogen-bond donors (Lipinski definition) is 2. The molecule has 2 N–H and O–H groups in total. The second-order valence-corrected chi connectivity index (χ2v) is 9.35. The molecule has 0 saturated heterocycles. The van der Waals surface area contributed by atoms with Crippen LogP contribution in [0.25, 0.3) is 0 Å². The lowest BCUT2D eigenvalue weighted by atomic mass is 10.3. The first-order valence-electron chi connectivity index (χ1n) is 8.36. The molecule has 0 heterocycles. The summed E-state index contributed by atoms with van der Waals surface area (Å²) in [4.78, 5) is -1.02. The molecule has 0 aliphatic heterocycles. The molecule has 158 valence electrons.